The summed E-state index contributed by atoms with van der Waals surface area (Å²) < 4.78 is 2.20. The van der Waals surface area contributed by atoms with Crippen molar-refractivity contribution in [2.75, 3.05) is 26.2 Å². The quantitative estimate of drug-likeness (QED) is 0.881. The maximum Gasteiger partial charge on any atom is 0.317 e. The lowest BCUT2D eigenvalue weighted by Crippen LogP contribution is -2.46. The zero-order chi connectivity index (χ0) is 16.9. The Kier molecular flexibility index (Phi) is 5.35. The van der Waals surface area contributed by atoms with E-state index in [9.17, 15) is 9.90 Å². The van der Waals surface area contributed by atoms with E-state index >= 15 is 0 Å². The van der Waals surface area contributed by atoms with Crippen molar-refractivity contribution in [3.05, 3.63) is 30.1 Å². The van der Waals surface area contributed by atoms with Gasteiger partial charge in [0, 0.05) is 39.2 Å². The van der Waals surface area contributed by atoms with E-state index in [0.717, 1.165) is 42.8 Å². The van der Waals surface area contributed by atoms with E-state index in [1.165, 1.54) is 0 Å². The fourth-order valence-corrected chi connectivity index (χ4v) is 3.46. The Morgan fingerprint density at radius 1 is 1.42 bits per heavy atom. The van der Waals surface area contributed by atoms with Crippen LogP contribution in [-0.2, 0) is 13.0 Å². The molecule has 2 aromatic rings. The maximum absolute atomic E-state index is 12.3. The Morgan fingerprint density at radius 2 is 2.25 bits per heavy atom. The van der Waals surface area contributed by atoms with Crippen molar-refractivity contribution in [2.24, 2.45) is 5.92 Å². The monoisotopic (exact) mass is 330 g/mol. The van der Waals surface area contributed by atoms with Crippen molar-refractivity contribution in [3.8, 4) is 0 Å². The SMILES string of the molecule is CCn1c(CCNC(=O)N2CCCC(CO)C2)nc2ccccc21. The minimum atomic E-state index is -0.0349. The first kappa shape index (κ1) is 16.8. The van der Waals surface area contributed by atoms with Gasteiger partial charge in [0.2, 0.25) is 0 Å². The zero-order valence-corrected chi connectivity index (χ0v) is 14.2. The molecule has 1 aromatic heterocycles. The molecule has 1 aliphatic heterocycles. The van der Waals surface area contributed by atoms with Crippen LogP contribution in [0.15, 0.2) is 24.3 Å². The van der Waals surface area contributed by atoms with Crippen molar-refractivity contribution in [2.45, 2.75) is 32.7 Å². The highest BCUT2D eigenvalue weighted by Gasteiger charge is 2.22. The first-order valence-corrected chi connectivity index (χ1v) is 8.80. The number of piperidine rings is 1. The van der Waals surface area contributed by atoms with Crippen LogP contribution in [0.2, 0.25) is 0 Å². The number of carbonyl (C=O) groups is 1. The number of amides is 2. The fraction of sp³-hybridized carbons (Fsp3) is 0.556. The van der Waals surface area contributed by atoms with Gasteiger partial charge in [-0.25, -0.2) is 9.78 Å². The number of likely N-dealkylation sites (tertiary alicyclic amines) is 1. The Morgan fingerprint density at radius 3 is 3.04 bits per heavy atom. The predicted molar refractivity (Wildman–Crippen MR) is 93.9 cm³/mol. The summed E-state index contributed by atoms with van der Waals surface area (Å²) in [4.78, 5) is 18.8. The molecule has 6 heteroatoms. The van der Waals surface area contributed by atoms with Gasteiger partial charge in [0.05, 0.1) is 11.0 Å². The first-order valence-electron chi connectivity index (χ1n) is 8.80. The van der Waals surface area contributed by atoms with Crippen LogP contribution in [0, 0.1) is 5.92 Å². The summed E-state index contributed by atoms with van der Waals surface area (Å²) in [5.41, 5.74) is 2.14. The van der Waals surface area contributed by atoms with E-state index in [4.69, 9.17) is 0 Å². The number of benzene rings is 1. The van der Waals surface area contributed by atoms with Crippen molar-refractivity contribution < 1.29 is 9.90 Å². The van der Waals surface area contributed by atoms with Crippen LogP contribution in [-0.4, -0.2) is 51.8 Å². The van der Waals surface area contributed by atoms with Gasteiger partial charge in [0.15, 0.2) is 0 Å². The third-order valence-electron chi connectivity index (χ3n) is 4.74. The van der Waals surface area contributed by atoms with Gasteiger partial charge in [-0.2, -0.15) is 0 Å². The highest BCUT2D eigenvalue weighted by atomic mass is 16.3. The van der Waals surface area contributed by atoms with Crippen LogP contribution in [0.5, 0.6) is 0 Å². The van der Waals surface area contributed by atoms with Crippen molar-refractivity contribution in [3.63, 3.8) is 0 Å². The molecule has 1 aliphatic rings. The molecule has 1 saturated heterocycles. The minimum absolute atomic E-state index is 0.0349. The topological polar surface area (TPSA) is 70.4 Å². The molecule has 0 bridgehead atoms. The zero-order valence-electron chi connectivity index (χ0n) is 14.2. The molecule has 1 unspecified atom stereocenters. The number of aliphatic hydroxyl groups is 1. The summed E-state index contributed by atoms with van der Waals surface area (Å²) in [6.45, 7) is 5.13. The average Bonchev–Trinajstić information content (AvgIpc) is 2.99. The molecule has 24 heavy (non-hydrogen) atoms. The number of fused-ring (bicyclic) bond motifs is 1. The van der Waals surface area contributed by atoms with Crippen LogP contribution in [0.3, 0.4) is 0 Å². The Labute approximate surface area is 142 Å². The maximum atomic E-state index is 12.3. The van der Waals surface area contributed by atoms with E-state index in [-0.39, 0.29) is 18.6 Å². The second-order valence-electron chi connectivity index (χ2n) is 6.38. The van der Waals surface area contributed by atoms with E-state index in [2.05, 4.69) is 27.9 Å². The number of urea groups is 1. The summed E-state index contributed by atoms with van der Waals surface area (Å²) in [5.74, 6) is 1.22. The lowest BCUT2D eigenvalue weighted by Gasteiger charge is -2.31. The van der Waals surface area contributed by atoms with E-state index in [1.54, 1.807) is 0 Å². The Balaban J connectivity index is 1.57. The highest BCUT2D eigenvalue weighted by molar-refractivity contribution is 5.76. The summed E-state index contributed by atoms with van der Waals surface area (Å²) >= 11 is 0. The lowest BCUT2D eigenvalue weighted by atomic mass is 9.99. The number of aromatic nitrogens is 2. The molecule has 6 nitrogen and oxygen atoms in total. The molecule has 2 N–H and O–H groups in total. The Hall–Kier alpha value is -2.08. The van der Waals surface area contributed by atoms with Crippen molar-refractivity contribution >= 4 is 17.1 Å². The first-order chi connectivity index (χ1) is 11.7. The van der Waals surface area contributed by atoms with Crippen molar-refractivity contribution in [1.29, 1.82) is 0 Å². The molecule has 3 rings (SSSR count). The Bertz CT molecular complexity index is 697. The third-order valence-corrected chi connectivity index (χ3v) is 4.74. The van der Waals surface area contributed by atoms with E-state index in [0.29, 0.717) is 19.5 Å². The number of nitrogens with one attached hydrogen (secondary N) is 1. The van der Waals surface area contributed by atoms with Crippen LogP contribution >= 0.6 is 0 Å². The van der Waals surface area contributed by atoms with Gasteiger partial charge in [-0.3, -0.25) is 0 Å². The molecule has 0 radical (unpaired) electrons. The largest absolute Gasteiger partial charge is 0.396 e. The van der Waals surface area contributed by atoms with E-state index < -0.39 is 0 Å². The number of carbonyl (C=O) groups excluding carboxylic acids is 1. The second-order valence-corrected chi connectivity index (χ2v) is 6.38. The van der Waals surface area contributed by atoms with Gasteiger partial charge in [0.25, 0.3) is 0 Å². The molecule has 0 aliphatic carbocycles. The summed E-state index contributed by atoms with van der Waals surface area (Å²) in [7, 11) is 0. The van der Waals surface area contributed by atoms with Gasteiger partial charge >= 0.3 is 6.03 Å². The summed E-state index contributed by atoms with van der Waals surface area (Å²) in [6, 6.07) is 8.08. The van der Waals surface area contributed by atoms with Crippen LogP contribution < -0.4 is 5.32 Å². The summed E-state index contributed by atoms with van der Waals surface area (Å²) in [5, 5.41) is 12.3. The van der Waals surface area contributed by atoms with Gasteiger partial charge in [-0.15, -0.1) is 0 Å². The third kappa shape index (κ3) is 3.53. The van der Waals surface area contributed by atoms with Gasteiger partial charge < -0.3 is 19.9 Å². The number of aryl methyl sites for hydroxylation is 1. The standard InChI is InChI=1S/C18H26N4O2/c1-2-22-16-8-4-3-7-15(16)20-17(22)9-10-19-18(24)21-11-5-6-14(12-21)13-23/h3-4,7-8,14,23H,2,5-6,9-13H2,1H3,(H,19,24). The van der Waals surface area contributed by atoms with Crippen LogP contribution in [0.25, 0.3) is 11.0 Å². The van der Waals surface area contributed by atoms with Gasteiger partial charge in [-0.1, -0.05) is 12.1 Å². The number of rotatable bonds is 5. The molecule has 1 atom stereocenters. The van der Waals surface area contributed by atoms with Gasteiger partial charge in [-0.05, 0) is 37.8 Å². The number of aliphatic hydroxyl groups excluding tert-OH is 1. The predicted octanol–water partition coefficient (Wildman–Crippen LogP) is 2.01. The number of para-hydroxylation sites is 2. The molecular weight excluding hydrogens is 304 g/mol. The molecular formula is C18H26N4O2. The molecule has 2 heterocycles. The number of nitrogens with zero attached hydrogens (tertiary/aromatic N) is 3. The van der Waals surface area contributed by atoms with Crippen LogP contribution in [0.1, 0.15) is 25.6 Å². The highest BCUT2D eigenvalue weighted by Crippen LogP contribution is 2.17. The minimum Gasteiger partial charge on any atom is -0.396 e. The second kappa shape index (κ2) is 7.66. The fourth-order valence-electron chi connectivity index (χ4n) is 3.46. The van der Waals surface area contributed by atoms with Crippen LogP contribution in [0.4, 0.5) is 4.79 Å². The molecule has 0 spiro atoms. The van der Waals surface area contributed by atoms with Gasteiger partial charge in [0.1, 0.15) is 5.82 Å². The smallest absolute Gasteiger partial charge is 0.317 e. The molecule has 0 saturated carbocycles. The van der Waals surface area contributed by atoms with Crippen molar-refractivity contribution in [1.82, 2.24) is 19.8 Å². The summed E-state index contributed by atoms with van der Waals surface area (Å²) in [6.07, 6.45) is 2.68. The number of imidazole rings is 1. The molecule has 130 valence electrons. The normalized spacial score (nSPS) is 18.1. The molecule has 1 fully saturated rings. The average molecular weight is 330 g/mol. The molecule has 2 amide bonds. The molecule has 1 aromatic carbocycles. The lowest BCUT2D eigenvalue weighted by molar-refractivity contribution is 0.129. The number of hydrogen-bond donors (Lipinski definition) is 2. The van der Waals surface area contributed by atoms with E-state index in [1.807, 2.05) is 23.1 Å². The number of hydrogen-bond acceptors (Lipinski definition) is 3.